The lowest BCUT2D eigenvalue weighted by Crippen LogP contribution is -2.43. The molecule has 0 amide bonds. The Morgan fingerprint density at radius 2 is 1.50 bits per heavy atom. The molecular formula is C4H3F5O. The van der Waals surface area contributed by atoms with Crippen molar-refractivity contribution in [3.8, 4) is 0 Å². The molecule has 0 N–H and O–H groups in total. The van der Waals surface area contributed by atoms with Gasteiger partial charge in [0.15, 0.2) is 0 Å². The van der Waals surface area contributed by atoms with Crippen LogP contribution >= 0.6 is 0 Å². The fourth-order valence-electron chi connectivity index (χ4n) is 0.111. The highest BCUT2D eigenvalue weighted by atomic mass is 19.4. The van der Waals surface area contributed by atoms with Gasteiger partial charge >= 0.3 is 12.2 Å². The van der Waals surface area contributed by atoms with Crippen molar-refractivity contribution in [2.45, 2.75) is 18.8 Å². The van der Waals surface area contributed by atoms with Crippen LogP contribution in [0.15, 0.2) is 0 Å². The van der Waals surface area contributed by atoms with Crippen LogP contribution in [0.5, 0.6) is 0 Å². The van der Waals surface area contributed by atoms with Gasteiger partial charge in [-0.15, -0.1) is 0 Å². The van der Waals surface area contributed by atoms with Crippen molar-refractivity contribution < 1.29 is 26.7 Å². The van der Waals surface area contributed by atoms with Gasteiger partial charge < -0.3 is 0 Å². The molecule has 0 aromatic carbocycles. The molecule has 0 aliphatic carbocycles. The topological polar surface area (TPSA) is 17.1 Å². The molecule has 6 heteroatoms. The molecule has 0 bridgehead atoms. The summed E-state index contributed by atoms with van der Waals surface area (Å²) in [4.78, 5) is 9.35. The molecule has 0 aromatic rings. The molecule has 0 aromatic heterocycles. The van der Waals surface area contributed by atoms with Crippen LogP contribution in [0.2, 0.25) is 0 Å². The summed E-state index contributed by atoms with van der Waals surface area (Å²) in [6.07, 6.45) is -5.47. The average molecular weight is 162 g/mol. The fraction of sp³-hybridized carbons (Fsp3) is 0.750. The van der Waals surface area contributed by atoms with Crippen molar-refractivity contribution in [1.29, 1.82) is 0 Å². The number of hydrogen-bond donors (Lipinski definition) is 0. The Balaban J connectivity index is 4.57. The van der Waals surface area contributed by atoms with E-state index in [9.17, 15) is 26.7 Å². The van der Waals surface area contributed by atoms with E-state index < -0.39 is 17.9 Å². The van der Waals surface area contributed by atoms with Gasteiger partial charge in [-0.2, -0.15) is 17.6 Å². The third kappa shape index (κ3) is 1.43. The summed E-state index contributed by atoms with van der Waals surface area (Å²) in [6.45, 7) is -0.171. The molecule has 1 unspecified atom stereocenters. The zero-order valence-corrected chi connectivity index (χ0v) is 4.80. The maximum absolute atomic E-state index is 11.9. The third-order valence-corrected chi connectivity index (χ3v) is 0.901. The quantitative estimate of drug-likeness (QED) is 0.424. The van der Waals surface area contributed by atoms with Crippen molar-refractivity contribution in [2.24, 2.45) is 0 Å². The Hall–Kier alpha value is -0.680. The Labute approximate surface area is 52.8 Å². The second kappa shape index (κ2) is 2.17. The minimum absolute atomic E-state index is 0.171. The van der Waals surface area contributed by atoms with E-state index in [0.717, 1.165) is 0 Å². The molecule has 0 aliphatic heterocycles. The molecule has 0 fully saturated rings. The largest absolute Gasteiger partial charge is 0.432 e. The second-order valence-corrected chi connectivity index (χ2v) is 1.77. The average Bonchev–Trinajstić information content (AvgIpc) is 1.62. The van der Waals surface area contributed by atoms with Gasteiger partial charge in [0.2, 0.25) is 0 Å². The van der Waals surface area contributed by atoms with Gasteiger partial charge in [0.25, 0.3) is 5.67 Å². The Bertz CT molecular complexity index is 146. The van der Waals surface area contributed by atoms with Gasteiger partial charge in [-0.05, 0) is 6.92 Å². The SMILES string of the molecule is CC(F)(C(=O)F)C(F)(F)F. The summed E-state index contributed by atoms with van der Waals surface area (Å²) in [6, 6.07) is -3.03. The third-order valence-electron chi connectivity index (χ3n) is 0.901. The molecule has 1 nitrogen and oxygen atoms in total. The zero-order valence-electron chi connectivity index (χ0n) is 4.80. The highest BCUT2D eigenvalue weighted by molar-refractivity contribution is 5.78. The Morgan fingerprint density at radius 3 is 1.50 bits per heavy atom. The summed E-state index contributed by atoms with van der Waals surface area (Å²) in [5.41, 5.74) is -4.37. The standard InChI is InChI=1S/C4H3F5O/c1-3(6,2(5)10)4(7,8)9/h1H3. The lowest BCUT2D eigenvalue weighted by atomic mass is 10.1. The fourth-order valence-corrected chi connectivity index (χ4v) is 0.111. The number of carbonyl (C=O) groups is 1. The molecule has 0 heterocycles. The van der Waals surface area contributed by atoms with Crippen molar-refractivity contribution >= 4 is 6.04 Å². The Morgan fingerprint density at radius 1 is 1.20 bits per heavy atom. The van der Waals surface area contributed by atoms with Crippen LogP contribution in [0.3, 0.4) is 0 Å². The monoisotopic (exact) mass is 162 g/mol. The van der Waals surface area contributed by atoms with E-state index in [2.05, 4.69) is 0 Å². The van der Waals surface area contributed by atoms with E-state index in [1.807, 2.05) is 0 Å². The minimum atomic E-state index is -5.47. The van der Waals surface area contributed by atoms with E-state index in [4.69, 9.17) is 0 Å². The summed E-state index contributed by atoms with van der Waals surface area (Å²) >= 11 is 0. The normalized spacial score (nSPS) is 18.2. The van der Waals surface area contributed by atoms with E-state index >= 15 is 0 Å². The number of rotatable bonds is 1. The summed E-state index contributed by atoms with van der Waals surface area (Å²) in [5.74, 6) is 0. The van der Waals surface area contributed by atoms with Crippen LogP contribution in [-0.4, -0.2) is 17.9 Å². The van der Waals surface area contributed by atoms with Crippen molar-refractivity contribution in [3.63, 3.8) is 0 Å². The molecule has 1 atom stereocenters. The van der Waals surface area contributed by atoms with E-state index in [1.165, 1.54) is 0 Å². The van der Waals surface area contributed by atoms with Crippen LogP contribution in [0, 0.1) is 0 Å². The van der Waals surface area contributed by atoms with Crippen LogP contribution in [0.25, 0.3) is 0 Å². The van der Waals surface area contributed by atoms with Gasteiger partial charge in [0, 0.05) is 0 Å². The molecule has 0 saturated heterocycles. The van der Waals surface area contributed by atoms with Crippen LogP contribution in [0.1, 0.15) is 6.92 Å². The minimum Gasteiger partial charge on any atom is -0.257 e. The van der Waals surface area contributed by atoms with Crippen molar-refractivity contribution in [3.05, 3.63) is 0 Å². The first-order valence-corrected chi connectivity index (χ1v) is 2.15. The molecule has 0 spiro atoms. The molecule has 60 valence electrons. The van der Waals surface area contributed by atoms with Gasteiger partial charge in [-0.1, -0.05) is 0 Å². The first-order chi connectivity index (χ1) is 4.19. The van der Waals surface area contributed by atoms with Crippen molar-refractivity contribution in [2.75, 3.05) is 0 Å². The number of halogens is 5. The van der Waals surface area contributed by atoms with Gasteiger partial charge in [0.05, 0.1) is 0 Å². The molecule has 0 radical (unpaired) electrons. The molecule has 0 saturated carbocycles. The highest BCUT2D eigenvalue weighted by Crippen LogP contribution is 2.34. The number of carbonyl (C=O) groups excluding carboxylic acids is 1. The predicted octanol–water partition coefficient (Wildman–Crippen LogP) is 1.77. The van der Waals surface area contributed by atoms with Crippen LogP contribution < -0.4 is 0 Å². The summed E-state index contributed by atoms with van der Waals surface area (Å²) in [7, 11) is 0. The highest BCUT2D eigenvalue weighted by Gasteiger charge is 2.58. The predicted molar refractivity (Wildman–Crippen MR) is 21.7 cm³/mol. The summed E-state index contributed by atoms with van der Waals surface area (Å²) < 4.78 is 56.9. The van der Waals surface area contributed by atoms with Gasteiger partial charge in [0.1, 0.15) is 0 Å². The van der Waals surface area contributed by atoms with E-state index in [1.54, 1.807) is 0 Å². The Kier molecular flexibility index (Phi) is 2.03. The maximum atomic E-state index is 11.9. The lowest BCUT2D eigenvalue weighted by molar-refractivity contribution is -0.226. The second-order valence-electron chi connectivity index (χ2n) is 1.77. The molecule has 0 aliphatic rings. The van der Waals surface area contributed by atoms with Gasteiger partial charge in [-0.25, -0.2) is 4.39 Å². The van der Waals surface area contributed by atoms with Crippen molar-refractivity contribution in [1.82, 2.24) is 0 Å². The van der Waals surface area contributed by atoms with Crippen LogP contribution in [0.4, 0.5) is 22.0 Å². The van der Waals surface area contributed by atoms with Crippen LogP contribution in [-0.2, 0) is 4.79 Å². The lowest BCUT2D eigenvalue weighted by Gasteiger charge is -2.17. The van der Waals surface area contributed by atoms with Gasteiger partial charge in [-0.3, -0.25) is 4.79 Å². The smallest absolute Gasteiger partial charge is 0.257 e. The molecule has 0 rings (SSSR count). The first-order valence-electron chi connectivity index (χ1n) is 2.15. The molecular weight excluding hydrogens is 159 g/mol. The van der Waals surface area contributed by atoms with E-state index in [0.29, 0.717) is 0 Å². The zero-order chi connectivity index (χ0) is 8.58. The first kappa shape index (κ1) is 9.32. The number of hydrogen-bond acceptors (Lipinski definition) is 1. The number of alkyl halides is 4. The molecule has 10 heavy (non-hydrogen) atoms. The van der Waals surface area contributed by atoms with E-state index in [-0.39, 0.29) is 6.92 Å². The maximum Gasteiger partial charge on any atom is 0.432 e. The summed E-state index contributed by atoms with van der Waals surface area (Å²) in [5, 5.41) is 0.